The number of hydrogen-bond donors (Lipinski definition) is 0. The van der Waals surface area contributed by atoms with Crippen LogP contribution in [0.15, 0.2) is 29.6 Å². The summed E-state index contributed by atoms with van der Waals surface area (Å²) >= 11 is 7.91. The van der Waals surface area contributed by atoms with Crippen molar-refractivity contribution < 1.29 is 9.53 Å². The number of hydrogen-bond acceptors (Lipinski definition) is 6. The van der Waals surface area contributed by atoms with E-state index in [1.165, 1.54) is 0 Å². The van der Waals surface area contributed by atoms with E-state index >= 15 is 0 Å². The van der Waals surface area contributed by atoms with E-state index < -0.39 is 0 Å². The van der Waals surface area contributed by atoms with E-state index in [0.29, 0.717) is 29.5 Å². The number of methoxy groups -OCH3 is 1. The summed E-state index contributed by atoms with van der Waals surface area (Å²) in [6.45, 7) is 5.54. The number of carbonyl (C=O) groups excluding carboxylic acids is 1. The molecule has 0 bridgehead atoms. The summed E-state index contributed by atoms with van der Waals surface area (Å²) in [5.41, 5.74) is 3.32. The Kier molecular flexibility index (Phi) is 6.08. The van der Waals surface area contributed by atoms with Crippen molar-refractivity contribution in [3.05, 3.63) is 51.7 Å². The van der Waals surface area contributed by atoms with Crippen LogP contribution < -0.4 is 4.74 Å². The Morgan fingerprint density at radius 1 is 1.20 bits per heavy atom. The van der Waals surface area contributed by atoms with E-state index in [1.54, 1.807) is 30.2 Å². The van der Waals surface area contributed by atoms with Crippen LogP contribution in [0.3, 0.4) is 0 Å². The molecule has 0 unspecified atom stereocenters. The minimum atomic E-state index is -0.0410. The molecule has 3 aromatic rings. The molecule has 1 fully saturated rings. The second-order valence-electron chi connectivity index (χ2n) is 7.32. The van der Waals surface area contributed by atoms with Crippen molar-refractivity contribution in [2.75, 3.05) is 33.3 Å². The van der Waals surface area contributed by atoms with Crippen molar-refractivity contribution in [3.63, 3.8) is 0 Å². The molecule has 2 aromatic heterocycles. The van der Waals surface area contributed by atoms with E-state index in [-0.39, 0.29) is 5.91 Å². The second kappa shape index (κ2) is 8.75. The third kappa shape index (κ3) is 4.21. The molecular weight excluding hydrogens is 422 g/mol. The highest BCUT2D eigenvalue weighted by molar-refractivity contribution is 7.13. The topological polar surface area (TPSA) is 63.5 Å². The van der Waals surface area contributed by atoms with Gasteiger partial charge in [0.2, 0.25) is 0 Å². The molecule has 0 spiro atoms. The molecule has 7 nitrogen and oxygen atoms in total. The number of aromatic nitrogens is 3. The van der Waals surface area contributed by atoms with E-state index in [9.17, 15) is 4.79 Å². The van der Waals surface area contributed by atoms with Crippen molar-refractivity contribution in [2.24, 2.45) is 7.05 Å². The highest BCUT2D eigenvalue weighted by atomic mass is 35.5. The van der Waals surface area contributed by atoms with Gasteiger partial charge in [-0.05, 0) is 31.2 Å². The van der Waals surface area contributed by atoms with Crippen LogP contribution in [0.1, 0.15) is 21.7 Å². The molecule has 158 valence electrons. The zero-order valence-electron chi connectivity index (χ0n) is 17.3. The molecule has 4 rings (SSSR count). The summed E-state index contributed by atoms with van der Waals surface area (Å²) < 4.78 is 6.76. The van der Waals surface area contributed by atoms with Crippen LogP contribution in [-0.4, -0.2) is 63.8 Å². The molecule has 0 radical (unpaired) electrons. The summed E-state index contributed by atoms with van der Waals surface area (Å²) in [6.07, 6.45) is 0. The number of thiazole rings is 1. The molecule has 3 heterocycles. The molecule has 1 amide bonds. The van der Waals surface area contributed by atoms with E-state index in [0.717, 1.165) is 41.6 Å². The van der Waals surface area contributed by atoms with Crippen molar-refractivity contribution in [1.82, 2.24) is 24.6 Å². The van der Waals surface area contributed by atoms with Crippen LogP contribution in [0, 0.1) is 6.92 Å². The highest BCUT2D eigenvalue weighted by Crippen LogP contribution is 2.26. The Morgan fingerprint density at radius 2 is 1.90 bits per heavy atom. The number of ether oxygens (including phenoxy) is 1. The summed E-state index contributed by atoms with van der Waals surface area (Å²) in [5, 5.41) is 7.75. The van der Waals surface area contributed by atoms with Crippen molar-refractivity contribution in [3.8, 4) is 16.3 Å². The molecule has 0 aliphatic carbocycles. The van der Waals surface area contributed by atoms with Gasteiger partial charge in [-0.2, -0.15) is 5.10 Å². The Bertz CT molecular complexity index is 1040. The quantitative estimate of drug-likeness (QED) is 0.601. The SMILES string of the molecule is COc1ccc(-c2nc(CN3CCN(C(=O)c4c(C)nn(C)c4Cl)CC3)cs2)cc1. The third-order valence-electron chi connectivity index (χ3n) is 5.30. The summed E-state index contributed by atoms with van der Waals surface area (Å²) in [4.78, 5) is 21.8. The minimum Gasteiger partial charge on any atom is -0.497 e. The van der Waals surface area contributed by atoms with Gasteiger partial charge in [0.05, 0.1) is 24.1 Å². The number of amides is 1. The fourth-order valence-corrected chi connectivity index (χ4v) is 4.69. The van der Waals surface area contributed by atoms with Gasteiger partial charge in [-0.15, -0.1) is 11.3 Å². The molecule has 1 saturated heterocycles. The third-order valence-corrected chi connectivity index (χ3v) is 6.67. The van der Waals surface area contributed by atoms with Gasteiger partial charge in [0.25, 0.3) is 5.91 Å². The van der Waals surface area contributed by atoms with Crippen LogP contribution in [-0.2, 0) is 13.6 Å². The maximum absolute atomic E-state index is 12.9. The lowest BCUT2D eigenvalue weighted by molar-refractivity contribution is 0.0626. The average Bonchev–Trinajstić information content (AvgIpc) is 3.32. The zero-order valence-corrected chi connectivity index (χ0v) is 18.8. The predicted octanol–water partition coefficient (Wildman–Crippen LogP) is 3.47. The van der Waals surface area contributed by atoms with Gasteiger partial charge in [0.15, 0.2) is 0 Å². The Hall–Kier alpha value is -2.42. The van der Waals surface area contributed by atoms with Crippen LogP contribution >= 0.6 is 22.9 Å². The number of piperazine rings is 1. The zero-order chi connectivity index (χ0) is 21.3. The first kappa shape index (κ1) is 20.8. The van der Waals surface area contributed by atoms with Crippen molar-refractivity contribution in [2.45, 2.75) is 13.5 Å². The Labute approximate surface area is 184 Å². The van der Waals surface area contributed by atoms with Crippen molar-refractivity contribution in [1.29, 1.82) is 0 Å². The Morgan fingerprint density at radius 3 is 2.50 bits per heavy atom. The van der Waals surface area contributed by atoms with Crippen LogP contribution in [0.4, 0.5) is 0 Å². The molecule has 1 aromatic carbocycles. The second-order valence-corrected chi connectivity index (χ2v) is 8.53. The molecule has 0 N–H and O–H groups in total. The minimum absolute atomic E-state index is 0.0410. The predicted molar refractivity (Wildman–Crippen MR) is 118 cm³/mol. The molecule has 1 aliphatic heterocycles. The van der Waals surface area contributed by atoms with Gasteiger partial charge in [-0.1, -0.05) is 11.6 Å². The highest BCUT2D eigenvalue weighted by Gasteiger charge is 2.27. The number of aryl methyl sites for hydroxylation is 2. The van der Waals surface area contributed by atoms with Crippen molar-refractivity contribution >= 4 is 28.8 Å². The van der Waals surface area contributed by atoms with E-state index in [4.69, 9.17) is 21.3 Å². The van der Waals surface area contributed by atoms with E-state index in [1.807, 2.05) is 36.1 Å². The number of nitrogens with zero attached hydrogens (tertiary/aromatic N) is 5. The maximum atomic E-state index is 12.9. The fourth-order valence-electron chi connectivity index (χ4n) is 3.62. The number of halogens is 1. The number of rotatable bonds is 5. The largest absolute Gasteiger partial charge is 0.497 e. The lowest BCUT2D eigenvalue weighted by Gasteiger charge is -2.34. The fraction of sp³-hybridized carbons (Fsp3) is 0.381. The normalized spacial score (nSPS) is 14.9. The molecular formula is C21H24ClN5O2S. The first-order chi connectivity index (χ1) is 14.5. The Balaban J connectivity index is 1.35. The molecule has 9 heteroatoms. The maximum Gasteiger partial charge on any atom is 0.258 e. The molecule has 0 saturated carbocycles. The van der Waals surface area contributed by atoms with Gasteiger partial charge >= 0.3 is 0 Å². The van der Waals surface area contributed by atoms with Gasteiger partial charge < -0.3 is 9.64 Å². The van der Waals surface area contributed by atoms with Gasteiger partial charge in [-0.3, -0.25) is 14.4 Å². The van der Waals surface area contributed by atoms with Gasteiger partial charge in [0, 0.05) is 50.7 Å². The monoisotopic (exact) mass is 445 g/mol. The first-order valence-electron chi connectivity index (χ1n) is 9.76. The molecule has 30 heavy (non-hydrogen) atoms. The van der Waals surface area contributed by atoms with Crippen LogP contribution in [0.5, 0.6) is 5.75 Å². The van der Waals surface area contributed by atoms with Crippen LogP contribution in [0.25, 0.3) is 10.6 Å². The number of carbonyl (C=O) groups is 1. The summed E-state index contributed by atoms with van der Waals surface area (Å²) in [7, 11) is 3.41. The average molecular weight is 446 g/mol. The smallest absolute Gasteiger partial charge is 0.258 e. The van der Waals surface area contributed by atoms with E-state index in [2.05, 4.69) is 15.4 Å². The molecule has 1 aliphatic rings. The summed E-state index contributed by atoms with van der Waals surface area (Å²) in [5.74, 6) is 0.798. The van der Waals surface area contributed by atoms with Gasteiger partial charge in [0.1, 0.15) is 15.9 Å². The number of benzene rings is 1. The first-order valence-corrected chi connectivity index (χ1v) is 11.0. The standard InChI is InChI=1S/C21H24ClN5O2S/c1-14-18(19(22)25(2)24-14)21(28)27-10-8-26(9-11-27)12-16-13-30-20(23-16)15-4-6-17(29-3)7-5-15/h4-7,13H,8-12H2,1-3H3. The lowest BCUT2D eigenvalue weighted by atomic mass is 10.2. The van der Waals surface area contributed by atoms with Gasteiger partial charge in [-0.25, -0.2) is 4.98 Å². The summed E-state index contributed by atoms with van der Waals surface area (Å²) in [6, 6.07) is 7.94. The lowest BCUT2D eigenvalue weighted by Crippen LogP contribution is -2.48. The van der Waals surface area contributed by atoms with Crippen LogP contribution in [0.2, 0.25) is 5.15 Å². The molecule has 0 atom stereocenters.